The zero-order valence-electron chi connectivity index (χ0n) is 10.5. The van der Waals surface area contributed by atoms with Gasteiger partial charge in [0.25, 0.3) is 0 Å². The molecule has 0 radical (unpaired) electrons. The molecule has 0 fully saturated rings. The Labute approximate surface area is 127 Å². The summed E-state index contributed by atoms with van der Waals surface area (Å²) in [6, 6.07) is 0. The van der Waals surface area contributed by atoms with Crippen LogP contribution < -0.4 is 4.67 Å². The van der Waals surface area contributed by atoms with Gasteiger partial charge in [0, 0.05) is 0 Å². The van der Waals surface area contributed by atoms with Gasteiger partial charge in [-0.2, -0.15) is 4.79 Å². The molecule has 0 unspecified atom stereocenters. The standard InChI is InChI=1S/C8H15N2O.6ClH.Sb/c1-8(2,3)7(9-6-11)10(4)5;;;;;;;/h1-5H3;6*1H;/q+1;;;;;;;+5/p-6. The van der Waals surface area contributed by atoms with Crippen LogP contribution in [0.4, 0.5) is 0 Å². The summed E-state index contributed by atoms with van der Waals surface area (Å²) < 4.78 is 3.63. The van der Waals surface area contributed by atoms with Gasteiger partial charge < -0.3 is 0 Å². The number of isocyanates is 1. The second-order valence-electron chi connectivity index (χ2n) is 4.63. The quantitative estimate of drug-likeness (QED) is 0.168. The molecule has 0 aromatic carbocycles. The molecular formula is C8H15Cl6N2OSb. The summed E-state index contributed by atoms with van der Waals surface area (Å²) >= 11 is 0. The van der Waals surface area contributed by atoms with Crippen LogP contribution in [-0.4, -0.2) is 40.1 Å². The van der Waals surface area contributed by atoms with Crippen LogP contribution in [0, 0.1) is 5.41 Å². The number of rotatable bonds is 0. The van der Waals surface area contributed by atoms with Crippen LogP contribution in [0.1, 0.15) is 20.8 Å². The van der Waals surface area contributed by atoms with Crippen molar-refractivity contribution in [3.05, 3.63) is 0 Å². The van der Waals surface area contributed by atoms with Crippen LogP contribution >= 0.6 is 53.0 Å². The van der Waals surface area contributed by atoms with Crippen molar-refractivity contribution in [2.45, 2.75) is 20.8 Å². The Morgan fingerprint density at radius 2 is 1.33 bits per heavy atom. The van der Waals surface area contributed by atoms with Gasteiger partial charge in [-0.25, -0.2) is 0 Å². The van der Waals surface area contributed by atoms with Crippen LogP contribution in [0.2, 0.25) is 0 Å². The van der Waals surface area contributed by atoms with Crippen LogP contribution in [0.15, 0.2) is 0 Å². The number of hydrogen-bond acceptors (Lipinski definition) is 1. The third-order valence-corrected chi connectivity index (χ3v) is 1.25. The van der Waals surface area contributed by atoms with Crippen molar-refractivity contribution < 1.29 is 4.79 Å². The van der Waals surface area contributed by atoms with Gasteiger partial charge in [-0.05, 0) is 20.8 Å². The number of carbonyl (C=O) groups excluding carboxylic acids is 1. The Kier molecular flexibility index (Phi) is 7.39. The summed E-state index contributed by atoms with van der Waals surface area (Å²) in [5, 5.41) is 0. The van der Waals surface area contributed by atoms with Crippen LogP contribution in [0.3, 0.4) is 0 Å². The van der Waals surface area contributed by atoms with Gasteiger partial charge in [0.15, 0.2) is 0 Å². The van der Waals surface area contributed by atoms with Gasteiger partial charge >= 0.3 is 74.0 Å². The van der Waals surface area contributed by atoms with Crippen molar-refractivity contribution in [2.75, 3.05) is 14.1 Å². The zero-order chi connectivity index (χ0) is 15.5. The summed E-state index contributed by atoms with van der Waals surface area (Å²) in [5.74, 6) is 0.743. The molecule has 0 amide bonds. The average Bonchev–Trinajstić information content (AvgIpc) is 1.90. The van der Waals surface area contributed by atoms with E-state index >= 15 is 0 Å². The molecule has 0 bridgehead atoms. The fourth-order valence-electron chi connectivity index (χ4n) is 0.982. The van der Waals surface area contributed by atoms with E-state index in [1.165, 1.54) is 0 Å². The Morgan fingerprint density at radius 1 is 1.06 bits per heavy atom. The Morgan fingerprint density at radius 3 is 1.39 bits per heavy atom. The van der Waals surface area contributed by atoms with Crippen molar-refractivity contribution in [2.24, 2.45) is 5.41 Å². The molecule has 110 valence electrons. The second-order valence-corrected chi connectivity index (χ2v) is 61.5. The summed E-state index contributed by atoms with van der Waals surface area (Å²) in [6.07, 6.45) is 1.55. The van der Waals surface area contributed by atoms with E-state index in [1.807, 2.05) is 39.8 Å². The van der Waals surface area contributed by atoms with Gasteiger partial charge in [0.05, 0.1) is 19.5 Å². The minimum absolute atomic E-state index is 0.0963. The van der Waals surface area contributed by atoms with E-state index in [2.05, 4.69) is 4.67 Å². The van der Waals surface area contributed by atoms with E-state index in [0.29, 0.717) is 0 Å². The van der Waals surface area contributed by atoms with Crippen LogP contribution in [0.5, 0.6) is 0 Å². The molecule has 0 aliphatic heterocycles. The molecule has 0 spiro atoms. The molecule has 0 aromatic heterocycles. The Balaban J connectivity index is 0. The molecule has 0 atom stereocenters. The van der Waals surface area contributed by atoms with E-state index in [1.54, 1.807) is 6.08 Å². The van der Waals surface area contributed by atoms with Crippen molar-refractivity contribution >= 4 is 74.0 Å². The van der Waals surface area contributed by atoms with E-state index in [9.17, 15) is 4.79 Å². The molecule has 0 aliphatic rings. The Hall–Kier alpha value is 1.52. The number of nitrogens with zero attached hydrogens (tertiary/aromatic N) is 2. The van der Waals surface area contributed by atoms with Gasteiger partial charge in [-0.3, -0.25) is 4.90 Å². The summed E-state index contributed by atoms with van der Waals surface area (Å²) in [5.41, 5.74) is -0.0963. The van der Waals surface area contributed by atoms with Crippen LogP contribution in [0.25, 0.3) is 0 Å². The molecule has 0 aromatic rings. The predicted molar refractivity (Wildman–Crippen MR) is 86.8 cm³/mol. The molecule has 0 rings (SSSR count). The third-order valence-electron chi connectivity index (χ3n) is 1.25. The molecule has 18 heavy (non-hydrogen) atoms. The van der Waals surface area contributed by atoms with Gasteiger partial charge in [-0.15, -0.1) is 4.67 Å². The third kappa shape index (κ3) is 22.7. The first-order valence-electron chi connectivity index (χ1n) is 4.53. The monoisotopic (exact) mass is 486 g/mol. The first kappa shape index (κ1) is 21.8. The first-order valence-corrected chi connectivity index (χ1v) is 23.9. The maximum atomic E-state index is 10.0. The number of amidine groups is 1. The van der Waals surface area contributed by atoms with Crippen molar-refractivity contribution in [1.29, 1.82) is 0 Å². The van der Waals surface area contributed by atoms with Crippen LogP contribution in [-0.2, 0) is 4.79 Å². The summed E-state index contributed by atoms with van der Waals surface area (Å²) in [7, 11) is 28.7. The SMILES string of the molecule is CN(C)C(=[N+]=C=O)C(C)(C)C.[Cl][Sb-]([Cl])([Cl])([Cl])([Cl])[Cl]. The molecule has 3 nitrogen and oxygen atoms in total. The Bertz CT molecular complexity index is 369. The second kappa shape index (κ2) is 6.10. The molecule has 0 heterocycles. The molecular weight excluding hydrogens is 475 g/mol. The maximum absolute atomic E-state index is 10.0. The molecule has 0 saturated heterocycles. The van der Waals surface area contributed by atoms with Gasteiger partial charge in [0.1, 0.15) is 0 Å². The number of halogens is 6. The molecule has 0 aliphatic carbocycles. The van der Waals surface area contributed by atoms with E-state index in [0.717, 1.165) is 5.84 Å². The molecule has 0 N–H and O–H groups in total. The summed E-state index contributed by atoms with van der Waals surface area (Å²) in [6.45, 7) is 6.01. The fourth-order valence-corrected chi connectivity index (χ4v) is 0.982. The fraction of sp³-hybridized carbons (Fsp3) is 0.750. The van der Waals surface area contributed by atoms with Crippen molar-refractivity contribution in [3.63, 3.8) is 0 Å². The summed E-state index contributed by atoms with van der Waals surface area (Å²) in [4.78, 5) is 11.9. The van der Waals surface area contributed by atoms with Gasteiger partial charge in [0.2, 0.25) is 0 Å². The normalized spacial score (nSPS) is 15.1. The zero-order valence-corrected chi connectivity index (χ0v) is 17.6. The molecule has 10 heteroatoms. The number of hydrogen-bond donors (Lipinski definition) is 0. The minimum atomic E-state index is -5.42. The first-order chi connectivity index (χ1) is 7.34. The predicted octanol–water partition coefficient (Wildman–Crippen LogP) is 4.15. The topological polar surface area (TPSA) is 34.4 Å². The van der Waals surface area contributed by atoms with E-state index < -0.39 is 9.14 Å². The van der Waals surface area contributed by atoms with E-state index in [4.69, 9.17) is 53.0 Å². The van der Waals surface area contributed by atoms with E-state index in [-0.39, 0.29) is 5.41 Å². The molecule has 0 saturated carbocycles. The van der Waals surface area contributed by atoms with Crippen molar-refractivity contribution in [1.82, 2.24) is 9.57 Å². The average molecular weight is 490 g/mol. The van der Waals surface area contributed by atoms with Gasteiger partial charge in [-0.1, -0.05) is 0 Å². The van der Waals surface area contributed by atoms with Crippen molar-refractivity contribution in [3.8, 4) is 0 Å².